The van der Waals surface area contributed by atoms with E-state index in [1.54, 1.807) is 63.7 Å². The average Bonchev–Trinajstić information content (AvgIpc) is 2.79. The fraction of sp³-hybridized carbons (Fsp3) is 0.167. The van der Waals surface area contributed by atoms with Crippen LogP contribution >= 0.6 is 23.2 Å². The number of anilines is 1. The van der Waals surface area contributed by atoms with E-state index >= 15 is 0 Å². The zero-order valence-corrected chi connectivity index (χ0v) is 19.7. The first-order chi connectivity index (χ1) is 15.9. The number of carbonyl (C=O) groups excluding carboxylic acids is 1. The molecule has 1 N–H and O–H groups in total. The quantitative estimate of drug-likeness (QED) is 0.390. The van der Waals surface area contributed by atoms with Gasteiger partial charge in [-0.25, -0.2) is 15.0 Å². The number of hydrogen-bond donors (Lipinski definition) is 1. The summed E-state index contributed by atoms with van der Waals surface area (Å²) in [5.74, 6) is 1.73. The van der Waals surface area contributed by atoms with Gasteiger partial charge in [-0.15, -0.1) is 0 Å². The van der Waals surface area contributed by atoms with Gasteiger partial charge in [-0.05, 0) is 42.8 Å². The standard InChI is InChI=1S/C24H20Cl2N4O3/c1-13-27-12-15-11-16(22-17(25)5-4-6-18(22)26)24(30-23(15)28-13)29-21(31)10-14-7-8-19(32-2)20(9-14)33-3/h4-9,11-12H,10H2,1-3H3,(H,27,28,29,30,31). The highest BCUT2D eigenvalue weighted by Gasteiger charge is 2.18. The van der Waals surface area contributed by atoms with Gasteiger partial charge in [0.05, 0.1) is 30.7 Å². The van der Waals surface area contributed by atoms with E-state index in [4.69, 9.17) is 32.7 Å². The Hall–Kier alpha value is -3.42. The van der Waals surface area contributed by atoms with E-state index in [9.17, 15) is 4.79 Å². The second-order valence-electron chi connectivity index (χ2n) is 7.23. The van der Waals surface area contributed by atoms with Crippen LogP contribution in [-0.4, -0.2) is 35.1 Å². The third-order valence-corrected chi connectivity index (χ3v) is 5.62. The number of amides is 1. The Labute approximate surface area is 200 Å². The van der Waals surface area contributed by atoms with Gasteiger partial charge in [-0.3, -0.25) is 4.79 Å². The molecule has 0 saturated carbocycles. The van der Waals surface area contributed by atoms with Gasteiger partial charge in [-0.1, -0.05) is 35.3 Å². The molecule has 0 spiro atoms. The van der Waals surface area contributed by atoms with E-state index in [-0.39, 0.29) is 12.3 Å². The van der Waals surface area contributed by atoms with Crippen LogP contribution in [-0.2, 0) is 11.2 Å². The minimum atomic E-state index is -0.274. The SMILES string of the molecule is COc1ccc(CC(=O)Nc2nc3nc(C)ncc3cc2-c2c(Cl)cccc2Cl)cc1OC. The Kier molecular flexibility index (Phi) is 6.62. The summed E-state index contributed by atoms with van der Waals surface area (Å²) < 4.78 is 10.6. The van der Waals surface area contributed by atoms with E-state index < -0.39 is 0 Å². The van der Waals surface area contributed by atoms with Crippen molar-refractivity contribution >= 4 is 46.0 Å². The highest BCUT2D eigenvalue weighted by atomic mass is 35.5. The van der Waals surface area contributed by atoms with Gasteiger partial charge < -0.3 is 14.8 Å². The van der Waals surface area contributed by atoms with Crippen molar-refractivity contribution in [1.82, 2.24) is 15.0 Å². The molecule has 33 heavy (non-hydrogen) atoms. The molecule has 4 rings (SSSR count). The normalized spacial score (nSPS) is 10.8. The molecule has 2 aromatic heterocycles. The van der Waals surface area contributed by atoms with Crippen LogP contribution in [0, 0.1) is 6.92 Å². The summed E-state index contributed by atoms with van der Waals surface area (Å²) in [6.07, 6.45) is 1.77. The van der Waals surface area contributed by atoms with Gasteiger partial charge in [-0.2, -0.15) is 0 Å². The third-order valence-electron chi connectivity index (χ3n) is 4.99. The zero-order valence-electron chi connectivity index (χ0n) is 18.1. The third kappa shape index (κ3) is 4.84. The molecule has 0 radical (unpaired) electrons. The Morgan fingerprint density at radius 2 is 1.73 bits per heavy atom. The van der Waals surface area contributed by atoms with E-state index in [1.807, 2.05) is 6.07 Å². The predicted octanol–water partition coefficient (Wildman–Crippen LogP) is 5.51. The molecule has 0 atom stereocenters. The Morgan fingerprint density at radius 3 is 2.42 bits per heavy atom. The number of fused-ring (bicyclic) bond motifs is 1. The van der Waals surface area contributed by atoms with Crippen molar-refractivity contribution in [1.29, 1.82) is 0 Å². The molecular formula is C24H20Cl2N4O3. The summed E-state index contributed by atoms with van der Waals surface area (Å²) >= 11 is 12.9. The molecule has 0 aliphatic heterocycles. The van der Waals surface area contributed by atoms with Crippen LogP contribution in [0.4, 0.5) is 5.82 Å². The lowest BCUT2D eigenvalue weighted by molar-refractivity contribution is -0.115. The van der Waals surface area contributed by atoms with Gasteiger partial charge in [0.25, 0.3) is 0 Å². The van der Waals surface area contributed by atoms with Crippen molar-refractivity contribution in [3.8, 4) is 22.6 Å². The zero-order chi connectivity index (χ0) is 23.5. The summed E-state index contributed by atoms with van der Waals surface area (Å²) in [5.41, 5.74) is 2.35. The Balaban J connectivity index is 1.74. The Bertz CT molecular complexity index is 1340. The van der Waals surface area contributed by atoms with Crippen LogP contribution in [0.15, 0.2) is 48.7 Å². The number of benzene rings is 2. The molecule has 0 aliphatic carbocycles. The molecule has 1 amide bonds. The highest BCUT2D eigenvalue weighted by molar-refractivity contribution is 6.39. The molecule has 7 nitrogen and oxygen atoms in total. The van der Waals surface area contributed by atoms with Gasteiger partial charge in [0.15, 0.2) is 17.1 Å². The molecule has 2 heterocycles. The first-order valence-corrected chi connectivity index (χ1v) is 10.7. The predicted molar refractivity (Wildman–Crippen MR) is 129 cm³/mol. The molecular weight excluding hydrogens is 463 g/mol. The fourth-order valence-electron chi connectivity index (χ4n) is 3.44. The molecule has 0 bridgehead atoms. The maximum atomic E-state index is 13.0. The number of nitrogens with zero attached hydrogens (tertiary/aromatic N) is 3. The van der Waals surface area contributed by atoms with E-state index in [0.717, 1.165) is 5.56 Å². The molecule has 4 aromatic rings. The first kappa shape index (κ1) is 22.8. The van der Waals surface area contributed by atoms with E-state index in [2.05, 4.69) is 20.3 Å². The monoisotopic (exact) mass is 482 g/mol. The summed E-state index contributed by atoms with van der Waals surface area (Å²) in [6, 6.07) is 12.4. The number of nitrogens with one attached hydrogen (secondary N) is 1. The fourth-order valence-corrected chi connectivity index (χ4v) is 4.04. The number of pyridine rings is 1. The van der Waals surface area contributed by atoms with Crippen LogP contribution in [0.2, 0.25) is 10.0 Å². The number of aromatic nitrogens is 3. The number of hydrogen-bond acceptors (Lipinski definition) is 6. The van der Waals surface area contributed by atoms with Crippen LogP contribution < -0.4 is 14.8 Å². The van der Waals surface area contributed by atoms with Crippen molar-refractivity contribution < 1.29 is 14.3 Å². The molecule has 9 heteroatoms. The smallest absolute Gasteiger partial charge is 0.229 e. The van der Waals surface area contributed by atoms with Crippen LogP contribution in [0.25, 0.3) is 22.2 Å². The number of ether oxygens (including phenoxy) is 2. The molecule has 2 aromatic carbocycles. The highest BCUT2D eigenvalue weighted by Crippen LogP contribution is 2.39. The second-order valence-corrected chi connectivity index (χ2v) is 8.04. The number of methoxy groups -OCH3 is 2. The van der Waals surface area contributed by atoms with Crippen molar-refractivity contribution in [3.63, 3.8) is 0 Å². The van der Waals surface area contributed by atoms with E-state index in [1.165, 1.54) is 0 Å². The molecule has 0 fully saturated rings. The van der Waals surface area contributed by atoms with E-state index in [0.29, 0.717) is 55.3 Å². The molecule has 0 aliphatic rings. The van der Waals surface area contributed by atoms with Crippen molar-refractivity contribution in [2.24, 2.45) is 0 Å². The summed E-state index contributed by atoms with van der Waals surface area (Å²) in [5, 5.41) is 4.46. The number of aryl methyl sites for hydroxylation is 1. The van der Waals surface area contributed by atoms with Crippen molar-refractivity contribution in [2.45, 2.75) is 13.3 Å². The van der Waals surface area contributed by atoms with Gasteiger partial charge >= 0.3 is 0 Å². The second kappa shape index (κ2) is 9.60. The lowest BCUT2D eigenvalue weighted by Gasteiger charge is -2.15. The number of halogens is 2. The van der Waals surface area contributed by atoms with Crippen LogP contribution in [0.3, 0.4) is 0 Å². The summed E-state index contributed by atoms with van der Waals surface area (Å²) in [4.78, 5) is 26.2. The summed E-state index contributed by atoms with van der Waals surface area (Å²) in [6.45, 7) is 1.77. The molecule has 168 valence electrons. The van der Waals surface area contributed by atoms with Crippen molar-refractivity contribution in [2.75, 3.05) is 19.5 Å². The molecule has 0 saturated heterocycles. The largest absolute Gasteiger partial charge is 0.493 e. The Morgan fingerprint density at radius 1 is 1.00 bits per heavy atom. The van der Waals surface area contributed by atoms with Crippen molar-refractivity contribution in [3.05, 3.63) is 70.1 Å². The average molecular weight is 483 g/mol. The summed E-state index contributed by atoms with van der Waals surface area (Å²) in [7, 11) is 3.10. The lowest BCUT2D eigenvalue weighted by atomic mass is 10.0. The minimum absolute atomic E-state index is 0.0958. The number of rotatable bonds is 6. The number of carbonyl (C=O) groups is 1. The van der Waals surface area contributed by atoms with Gasteiger partial charge in [0.1, 0.15) is 11.6 Å². The first-order valence-electron chi connectivity index (χ1n) is 9.99. The topological polar surface area (TPSA) is 86.2 Å². The van der Waals surface area contributed by atoms with Crippen LogP contribution in [0.1, 0.15) is 11.4 Å². The van der Waals surface area contributed by atoms with Gasteiger partial charge in [0.2, 0.25) is 5.91 Å². The maximum Gasteiger partial charge on any atom is 0.229 e. The maximum absolute atomic E-state index is 13.0. The molecule has 0 unspecified atom stereocenters. The van der Waals surface area contributed by atoms with Gasteiger partial charge in [0, 0.05) is 22.7 Å². The minimum Gasteiger partial charge on any atom is -0.493 e. The lowest BCUT2D eigenvalue weighted by Crippen LogP contribution is -2.16. The van der Waals surface area contributed by atoms with Crippen LogP contribution in [0.5, 0.6) is 11.5 Å².